The van der Waals surface area contributed by atoms with Gasteiger partial charge in [0.05, 0.1) is 17.6 Å². The fourth-order valence-electron chi connectivity index (χ4n) is 3.45. The first-order valence-corrected chi connectivity index (χ1v) is 9.14. The molecule has 5 heteroatoms. The lowest BCUT2D eigenvalue weighted by atomic mass is 9.83. The van der Waals surface area contributed by atoms with Crippen molar-refractivity contribution in [3.05, 3.63) is 40.4 Å². The summed E-state index contributed by atoms with van der Waals surface area (Å²) in [5, 5.41) is 14.5. The third kappa shape index (κ3) is 3.28. The molecule has 3 N–H and O–H groups in total. The number of benzene rings is 2. The molecule has 4 nitrogen and oxygen atoms in total. The van der Waals surface area contributed by atoms with Crippen molar-refractivity contribution in [2.24, 2.45) is 5.92 Å². The highest BCUT2D eigenvalue weighted by Crippen LogP contribution is 2.37. The zero-order valence-corrected chi connectivity index (χ0v) is 15.6. The van der Waals surface area contributed by atoms with Crippen LogP contribution in [0.3, 0.4) is 0 Å². The highest BCUT2D eigenvalue weighted by molar-refractivity contribution is 9.10. The van der Waals surface area contributed by atoms with E-state index in [9.17, 15) is 9.90 Å². The van der Waals surface area contributed by atoms with Crippen molar-refractivity contribution < 1.29 is 20.0 Å². The minimum absolute atomic E-state index is 0.0634. The van der Waals surface area contributed by atoms with Crippen molar-refractivity contribution in [3.63, 3.8) is 0 Å². The first-order valence-electron chi connectivity index (χ1n) is 8.35. The van der Waals surface area contributed by atoms with Crippen molar-refractivity contribution in [1.29, 1.82) is 0 Å². The molecule has 0 saturated carbocycles. The van der Waals surface area contributed by atoms with Gasteiger partial charge in [0.25, 0.3) is 0 Å². The molecule has 0 amide bonds. The Labute approximate surface area is 150 Å². The summed E-state index contributed by atoms with van der Waals surface area (Å²) in [6.45, 7) is 6.07. The van der Waals surface area contributed by atoms with Crippen LogP contribution in [0.1, 0.15) is 37.0 Å². The number of fused-ring (bicyclic) bond motifs is 1. The maximum Gasteiger partial charge on any atom is 0.342 e. The molecule has 1 aliphatic rings. The summed E-state index contributed by atoms with van der Waals surface area (Å²) < 4.78 is 6.34. The highest BCUT2D eigenvalue weighted by atomic mass is 79.9. The Morgan fingerprint density at radius 2 is 1.96 bits per heavy atom. The number of hydrogen-bond donors (Lipinski definition) is 2. The number of rotatable bonds is 3. The molecule has 0 bridgehead atoms. The monoisotopic (exact) mass is 392 g/mol. The number of phenolic OH excluding ortho intramolecular Hbond substituents is 1. The molecule has 0 aromatic heterocycles. The Morgan fingerprint density at radius 3 is 2.67 bits per heavy atom. The standard InChI is InChI=1S/C19H22BrNO3/c1-19(2,13-7-9-21-10-8-13)24-18(23)15-11-12-5-3-4-6-14(12)16(20)17(15)22/h3-6,11,13,21-22H,7-10H2,1-2H3/p+1. The van der Waals surface area contributed by atoms with E-state index < -0.39 is 11.6 Å². The van der Waals surface area contributed by atoms with Gasteiger partial charge in [0.15, 0.2) is 0 Å². The molecule has 0 radical (unpaired) electrons. The van der Waals surface area contributed by atoms with Gasteiger partial charge in [-0.2, -0.15) is 0 Å². The van der Waals surface area contributed by atoms with Gasteiger partial charge in [-0.1, -0.05) is 24.3 Å². The van der Waals surface area contributed by atoms with Crippen LogP contribution in [-0.4, -0.2) is 29.8 Å². The molecule has 1 aliphatic heterocycles. The molecule has 0 spiro atoms. The lowest BCUT2D eigenvalue weighted by Crippen LogP contribution is -2.86. The molecule has 1 heterocycles. The lowest BCUT2D eigenvalue weighted by Gasteiger charge is -2.35. The molecule has 24 heavy (non-hydrogen) atoms. The predicted octanol–water partition coefficient (Wildman–Crippen LogP) is 3.22. The Hall–Kier alpha value is -1.59. The third-order valence-corrected chi connectivity index (χ3v) is 5.76. The molecule has 0 aliphatic carbocycles. The van der Waals surface area contributed by atoms with Gasteiger partial charge < -0.3 is 15.2 Å². The number of quaternary nitrogens is 1. The first kappa shape index (κ1) is 17.2. The second-order valence-electron chi connectivity index (χ2n) is 6.94. The van der Waals surface area contributed by atoms with Crippen molar-refractivity contribution in [2.75, 3.05) is 13.1 Å². The summed E-state index contributed by atoms with van der Waals surface area (Å²) in [7, 11) is 0. The van der Waals surface area contributed by atoms with Crippen LogP contribution in [0.4, 0.5) is 0 Å². The van der Waals surface area contributed by atoms with Gasteiger partial charge in [-0.05, 0) is 46.6 Å². The normalized spacial score (nSPS) is 16.3. The number of piperidine rings is 1. The molecule has 128 valence electrons. The number of hydrogen-bond acceptors (Lipinski definition) is 3. The van der Waals surface area contributed by atoms with Gasteiger partial charge in [0.2, 0.25) is 0 Å². The maximum absolute atomic E-state index is 12.7. The van der Waals surface area contributed by atoms with Crippen molar-refractivity contribution >= 4 is 32.7 Å². The summed E-state index contributed by atoms with van der Waals surface area (Å²) in [6, 6.07) is 9.31. The number of phenols is 1. The first-order chi connectivity index (χ1) is 11.4. The summed E-state index contributed by atoms with van der Waals surface area (Å²) in [5.41, 5.74) is -0.341. The highest BCUT2D eigenvalue weighted by Gasteiger charge is 2.36. The minimum atomic E-state index is -0.546. The van der Waals surface area contributed by atoms with E-state index in [0.717, 1.165) is 36.7 Å². The summed E-state index contributed by atoms with van der Waals surface area (Å²) in [6.07, 6.45) is 2.07. The second-order valence-corrected chi connectivity index (χ2v) is 7.73. The van der Waals surface area contributed by atoms with E-state index in [-0.39, 0.29) is 11.3 Å². The number of aromatic hydroxyl groups is 1. The van der Waals surface area contributed by atoms with Crippen molar-refractivity contribution in [3.8, 4) is 5.75 Å². The summed E-state index contributed by atoms with van der Waals surface area (Å²) >= 11 is 3.39. The second kappa shape index (κ2) is 6.73. The summed E-state index contributed by atoms with van der Waals surface area (Å²) in [4.78, 5) is 12.7. The van der Waals surface area contributed by atoms with E-state index in [4.69, 9.17) is 4.74 Å². The number of carbonyl (C=O) groups is 1. The number of carbonyl (C=O) groups excluding carboxylic acids is 1. The number of esters is 1. The van der Waals surface area contributed by atoms with Crippen LogP contribution in [0.15, 0.2) is 34.8 Å². The van der Waals surface area contributed by atoms with E-state index >= 15 is 0 Å². The van der Waals surface area contributed by atoms with Gasteiger partial charge in [-0.15, -0.1) is 0 Å². The van der Waals surface area contributed by atoms with E-state index in [1.807, 2.05) is 38.1 Å². The van der Waals surface area contributed by atoms with Crippen LogP contribution in [0, 0.1) is 5.92 Å². The van der Waals surface area contributed by atoms with Crippen LogP contribution in [-0.2, 0) is 4.74 Å². The zero-order valence-electron chi connectivity index (χ0n) is 14.0. The van der Waals surface area contributed by atoms with Gasteiger partial charge in [0, 0.05) is 18.8 Å². The Bertz CT molecular complexity index is 767. The molecular formula is C19H23BrNO3+. The van der Waals surface area contributed by atoms with Crippen LogP contribution in [0.25, 0.3) is 10.8 Å². The van der Waals surface area contributed by atoms with Crippen LogP contribution < -0.4 is 5.32 Å². The Morgan fingerprint density at radius 1 is 1.29 bits per heavy atom. The third-order valence-electron chi connectivity index (χ3n) is 4.96. The molecule has 2 aromatic carbocycles. The molecule has 2 aromatic rings. The SMILES string of the molecule is CC(C)(OC(=O)c1cc2ccccc2c(Br)c1O)C1CC[NH2+]CC1. The van der Waals surface area contributed by atoms with Gasteiger partial charge >= 0.3 is 5.97 Å². The summed E-state index contributed by atoms with van der Waals surface area (Å²) in [5.74, 6) is -0.192. The zero-order chi connectivity index (χ0) is 17.3. The van der Waals surface area contributed by atoms with E-state index in [2.05, 4.69) is 21.2 Å². The van der Waals surface area contributed by atoms with Gasteiger partial charge in [0.1, 0.15) is 16.9 Å². The Kier molecular flexibility index (Phi) is 4.83. The smallest absolute Gasteiger partial charge is 0.342 e. The fraction of sp³-hybridized carbons (Fsp3) is 0.421. The van der Waals surface area contributed by atoms with Crippen LogP contribution in [0.5, 0.6) is 5.75 Å². The number of nitrogens with two attached hydrogens (primary N) is 1. The topological polar surface area (TPSA) is 63.1 Å². The lowest BCUT2D eigenvalue weighted by molar-refractivity contribution is -0.665. The maximum atomic E-state index is 12.7. The molecule has 3 rings (SSSR count). The molecular weight excluding hydrogens is 370 g/mol. The average molecular weight is 393 g/mol. The quantitative estimate of drug-likeness (QED) is 0.788. The van der Waals surface area contributed by atoms with Crippen LogP contribution in [0.2, 0.25) is 0 Å². The van der Waals surface area contributed by atoms with Crippen molar-refractivity contribution in [2.45, 2.75) is 32.3 Å². The predicted molar refractivity (Wildman–Crippen MR) is 97.2 cm³/mol. The van der Waals surface area contributed by atoms with E-state index in [1.165, 1.54) is 0 Å². The van der Waals surface area contributed by atoms with E-state index in [0.29, 0.717) is 10.4 Å². The van der Waals surface area contributed by atoms with Crippen LogP contribution >= 0.6 is 15.9 Å². The Balaban J connectivity index is 1.89. The molecule has 1 saturated heterocycles. The largest absolute Gasteiger partial charge is 0.506 e. The number of ether oxygens (including phenoxy) is 1. The molecule has 0 unspecified atom stereocenters. The fourth-order valence-corrected chi connectivity index (χ4v) is 4.02. The van der Waals surface area contributed by atoms with Gasteiger partial charge in [-0.3, -0.25) is 0 Å². The minimum Gasteiger partial charge on any atom is -0.506 e. The molecule has 0 atom stereocenters. The average Bonchev–Trinajstić information content (AvgIpc) is 2.58. The van der Waals surface area contributed by atoms with E-state index in [1.54, 1.807) is 6.07 Å². The van der Waals surface area contributed by atoms with Crippen molar-refractivity contribution in [1.82, 2.24) is 0 Å². The number of halogens is 1. The van der Waals surface area contributed by atoms with Gasteiger partial charge in [-0.25, -0.2) is 4.79 Å². The molecule has 1 fully saturated rings.